The molecule has 0 unspecified atom stereocenters. The highest BCUT2D eigenvalue weighted by molar-refractivity contribution is 6.34. The van der Waals surface area contributed by atoms with Gasteiger partial charge in [0.1, 0.15) is 5.75 Å². The number of hydrogen-bond acceptors (Lipinski definition) is 4. The first-order chi connectivity index (χ1) is 13.3. The lowest BCUT2D eigenvalue weighted by Gasteiger charge is -2.16. The average Bonchev–Trinajstić information content (AvgIpc) is 2.96. The minimum Gasteiger partial charge on any atom is -0.492 e. The van der Waals surface area contributed by atoms with Crippen molar-refractivity contribution in [2.45, 2.75) is 26.2 Å². The lowest BCUT2D eigenvalue weighted by atomic mass is 9.85. The van der Waals surface area contributed by atoms with Crippen molar-refractivity contribution in [3.05, 3.63) is 70.5 Å². The zero-order valence-electron chi connectivity index (χ0n) is 15.9. The van der Waals surface area contributed by atoms with Gasteiger partial charge in [-0.1, -0.05) is 37.6 Å². The number of aromatic nitrogens is 2. The second kappa shape index (κ2) is 6.91. The summed E-state index contributed by atoms with van der Waals surface area (Å²) in [4.78, 5) is 21.2. The van der Waals surface area contributed by atoms with E-state index in [-0.39, 0.29) is 11.3 Å². The first kappa shape index (κ1) is 18.4. The van der Waals surface area contributed by atoms with E-state index in [2.05, 4.69) is 35.2 Å². The molecule has 0 spiro atoms. The number of aryl methyl sites for hydroxylation is 1. The molecule has 0 aliphatic carbocycles. The number of benzene rings is 2. The molecule has 1 aliphatic rings. The van der Waals surface area contributed by atoms with E-state index in [0.29, 0.717) is 23.0 Å². The predicted molar refractivity (Wildman–Crippen MR) is 110 cm³/mol. The number of ether oxygens (including phenoxy) is 1. The monoisotopic (exact) mass is 393 g/mol. The number of anilines is 1. The van der Waals surface area contributed by atoms with Gasteiger partial charge >= 0.3 is 0 Å². The van der Waals surface area contributed by atoms with Gasteiger partial charge in [0.05, 0.1) is 35.3 Å². The molecule has 1 N–H and O–H groups in total. The molecule has 6 heteroatoms. The summed E-state index contributed by atoms with van der Waals surface area (Å²) in [5.41, 5.74) is 4.36. The minimum absolute atomic E-state index is 0.0337. The molecule has 0 saturated carbocycles. The summed E-state index contributed by atoms with van der Waals surface area (Å²) in [6.45, 7) is 7.02. The molecule has 142 valence electrons. The summed E-state index contributed by atoms with van der Waals surface area (Å²) < 4.78 is 5.81. The highest BCUT2D eigenvalue weighted by atomic mass is 35.5. The normalized spacial score (nSPS) is 14.3. The van der Waals surface area contributed by atoms with Gasteiger partial charge in [0, 0.05) is 16.5 Å². The summed E-state index contributed by atoms with van der Waals surface area (Å²) in [6.07, 6.45) is 3.22. The zero-order valence-corrected chi connectivity index (χ0v) is 16.7. The molecular formula is C22H20ClN3O2. The highest BCUT2D eigenvalue weighted by Gasteiger charge is 2.32. The molecule has 1 aliphatic heterocycles. The van der Waals surface area contributed by atoms with E-state index in [1.165, 1.54) is 5.56 Å². The third kappa shape index (κ3) is 3.34. The van der Waals surface area contributed by atoms with Crippen LogP contribution in [-0.2, 0) is 5.41 Å². The second-order valence-corrected chi connectivity index (χ2v) is 7.96. The van der Waals surface area contributed by atoms with Crippen molar-refractivity contribution in [1.29, 1.82) is 0 Å². The average molecular weight is 394 g/mol. The maximum atomic E-state index is 12.4. The van der Waals surface area contributed by atoms with E-state index >= 15 is 0 Å². The molecule has 1 aromatic heterocycles. The molecule has 0 fully saturated rings. The summed E-state index contributed by atoms with van der Waals surface area (Å²) in [5, 5.41) is 3.12. The number of carbonyl (C=O) groups excluding carboxylic acids is 1. The number of carbonyl (C=O) groups is 1. The van der Waals surface area contributed by atoms with Crippen LogP contribution in [0.1, 0.15) is 35.3 Å². The SMILES string of the molecule is Cc1cc2c(cc1-c1cnc(NC(=O)c3ccccc3Cl)cn1)C(C)(C)CO2. The van der Waals surface area contributed by atoms with Gasteiger partial charge in [-0.2, -0.15) is 0 Å². The molecule has 5 nitrogen and oxygen atoms in total. The van der Waals surface area contributed by atoms with Crippen LogP contribution in [0.3, 0.4) is 0 Å². The first-order valence-electron chi connectivity index (χ1n) is 9.01. The largest absolute Gasteiger partial charge is 0.492 e. The fraction of sp³-hybridized carbons (Fsp3) is 0.227. The molecule has 3 aromatic rings. The molecule has 0 bridgehead atoms. The standard InChI is InChI=1S/C22H20ClN3O2/c1-13-8-19-16(22(2,3)12-28-19)9-15(13)18-10-25-20(11-24-18)26-21(27)14-6-4-5-7-17(14)23/h4-11H,12H2,1-3H3,(H,25,26,27). The van der Waals surface area contributed by atoms with Crippen molar-refractivity contribution in [2.24, 2.45) is 0 Å². The van der Waals surface area contributed by atoms with Gasteiger partial charge < -0.3 is 10.1 Å². The van der Waals surface area contributed by atoms with Gasteiger partial charge in [0.15, 0.2) is 5.82 Å². The van der Waals surface area contributed by atoms with E-state index in [4.69, 9.17) is 16.3 Å². The van der Waals surface area contributed by atoms with Crippen LogP contribution < -0.4 is 10.1 Å². The molecule has 2 aromatic carbocycles. The third-order valence-electron chi connectivity index (χ3n) is 4.93. The lowest BCUT2D eigenvalue weighted by Crippen LogP contribution is -2.18. The Morgan fingerprint density at radius 3 is 2.68 bits per heavy atom. The molecule has 4 rings (SSSR count). The third-order valence-corrected chi connectivity index (χ3v) is 5.26. The topological polar surface area (TPSA) is 64.1 Å². The maximum Gasteiger partial charge on any atom is 0.258 e. The van der Waals surface area contributed by atoms with Gasteiger partial charge in [-0.15, -0.1) is 0 Å². The molecule has 0 radical (unpaired) electrons. The van der Waals surface area contributed by atoms with Gasteiger partial charge in [0.25, 0.3) is 5.91 Å². The summed E-state index contributed by atoms with van der Waals surface area (Å²) in [6, 6.07) is 11.1. The number of nitrogens with zero attached hydrogens (tertiary/aromatic N) is 2. The Morgan fingerprint density at radius 2 is 1.96 bits per heavy atom. The number of amides is 1. The molecule has 28 heavy (non-hydrogen) atoms. The van der Waals surface area contributed by atoms with E-state index in [9.17, 15) is 4.79 Å². The van der Waals surface area contributed by atoms with Gasteiger partial charge in [0.2, 0.25) is 0 Å². The van der Waals surface area contributed by atoms with Crippen LogP contribution in [0.5, 0.6) is 5.75 Å². The zero-order chi connectivity index (χ0) is 19.9. The van der Waals surface area contributed by atoms with Crippen molar-refractivity contribution in [2.75, 3.05) is 11.9 Å². The first-order valence-corrected chi connectivity index (χ1v) is 9.39. The van der Waals surface area contributed by atoms with Crippen LogP contribution in [0.25, 0.3) is 11.3 Å². The Balaban J connectivity index is 1.59. The smallest absolute Gasteiger partial charge is 0.258 e. The van der Waals surface area contributed by atoms with E-state index < -0.39 is 0 Å². The summed E-state index contributed by atoms with van der Waals surface area (Å²) in [7, 11) is 0. The Bertz CT molecular complexity index is 1060. The second-order valence-electron chi connectivity index (χ2n) is 7.56. The lowest BCUT2D eigenvalue weighted by molar-refractivity contribution is 0.102. The highest BCUT2D eigenvalue weighted by Crippen LogP contribution is 2.41. The molecular weight excluding hydrogens is 374 g/mol. The predicted octanol–water partition coefficient (Wildman–Crippen LogP) is 5.03. The fourth-order valence-corrected chi connectivity index (χ4v) is 3.52. The number of nitrogens with one attached hydrogen (secondary N) is 1. The van der Waals surface area contributed by atoms with Crippen LogP contribution in [0, 0.1) is 6.92 Å². The van der Waals surface area contributed by atoms with E-state index in [1.54, 1.807) is 36.7 Å². The molecule has 2 heterocycles. The van der Waals surface area contributed by atoms with Crippen molar-refractivity contribution in [3.63, 3.8) is 0 Å². The Hall–Kier alpha value is -2.92. The summed E-state index contributed by atoms with van der Waals surface area (Å²) >= 11 is 6.07. The van der Waals surface area contributed by atoms with Crippen LogP contribution in [0.2, 0.25) is 5.02 Å². The summed E-state index contributed by atoms with van der Waals surface area (Å²) in [5.74, 6) is 0.985. The van der Waals surface area contributed by atoms with Crippen LogP contribution >= 0.6 is 11.6 Å². The van der Waals surface area contributed by atoms with Gasteiger partial charge in [-0.05, 0) is 36.8 Å². The van der Waals surface area contributed by atoms with Crippen LogP contribution in [0.4, 0.5) is 5.82 Å². The Kier molecular flexibility index (Phi) is 4.55. The molecule has 1 amide bonds. The van der Waals surface area contributed by atoms with Crippen LogP contribution in [-0.4, -0.2) is 22.5 Å². The Labute approximate surface area is 168 Å². The van der Waals surface area contributed by atoms with Crippen LogP contribution in [0.15, 0.2) is 48.8 Å². The van der Waals surface area contributed by atoms with Crippen molar-refractivity contribution in [3.8, 4) is 17.0 Å². The number of rotatable bonds is 3. The van der Waals surface area contributed by atoms with E-state index in [0.717, 1.165) is 22.6 Å². The maximum absolute atomic E-state index is 12.4. The van der Waals surface area contributed by atoms with Crippen molar-refractivity contribution in [1.82, 2.24) is 9.97 Å². The molecule has 0 atom stereocenters. The van der Waals surface area contributed by atoms with Crippen molar-refractivity contribution >= 4 is 23.3 Å². The minimum atomic E-state index is -0.319. The van der Waals surface area contributed by atoms with Gasteiger partial charge in [-0.25, -0.2) is 4.98 Å². The van der Waals surface area contributed by atoms with Gasteiger partial charge in [-0.3, -0.25) is 9.78 Å². The molecule has 0 saturated heterocycles. The van der Waals surface area contributed by atoms with E-state index in [1.807, 2.05) is 13.0 Å². The number of halogens is 1. The number of fused-ring (bicyclic) bond motifs is 1. The van der Waals surface area contributed by atoms with Crippen molar-refractivity contribution < 1.29 is 9.53 Å². The number of hydrogen-bond donors (Lipinski definition) is 1. The quantitative estimate of drug-likeness (QED) is 0.678. The fourth-order valence-electron chi connectivity index (χ4n) is 3.30. The Morgan fingerprint density at radius 1 is 1.18 bits per heavy atom.